The number of hydrogen-bond acceptors (Lipinski definition) is 5. The predicted octanol–water partition coefficient (Wildman–Crippen LogP) is 1.25. The van der Waals surface area contributed by atoms with E-state index in [1.54, 1.807) is 30.3 Å². The predicted molar refractivity (Wildman–Crippen MR) is 50.8 cm³/mol. The lowest BCUT2D eigenvalue weighted by Crippen LogP contribution is -1.91. The Morgan fingerprint density at radius 2 is 1.86 bits per heavy atom. The molecule has 0 bridgehead atoms. The number of hydrogen-bond donors (Lipinski definition) is 1. The lowest BCUT2D eigenvalue weighted by atomic mass is 10.3. The Labute approximate surface area is 80.5 Å². The number of ether oxygens (including phenoxy) is 1. The molecule has 0 saturated carbocycles. The molecule has 2 aromatic rings. The average Bonchev–Trinajstić information content (AvgIpc) is 2.23. The molecule has 0 aliphatic heterocycles. The topological polar surface area (TPSA) is 73.9 Å². The molecule has 1 heterocycles. The van der Waals surface area contributed by atoms with Gasteiger partial charge in [0.25, 0.3) is 0 Å². The molecular weight excluding hydrogens is 180 g/mol. The fourth-order valence-electron chi connectivity index (χ4n) is 0.941. The summed E-state index contributed by atoms with van der Waals surface area (Å²) in [7, 11) is 0. The van der Waals surface area contributed by atoms with Crippen LogP contribution in [0.2, 0.25) is 0 Å². The average molecular weight is 188 g/mol. The zero-order valence-corrected chi connectivity index (χ0v) is 7.29. The largest absolute Gasteiger partial charge is 0.437 e. The first-order valence-electron chi connectivity index (χ1n) is 4.02. The molecule has 0 aliphatic carbocycles. The van der Waals surface area contributed by atoms with Gasteiger partial charge in [0.05, 0.1) is 6.20 Å². The number of nitrogen functional groups attached to an aromatic ring is 1. The summed E-state index contributed by atoms with van der Waals surface area (Å²) in [6, 6.07) is 8.66. The molecule has 1 aromatic heterocycles. The maximum Gasteiger partial charge on any atom is 0.242 e. The highest BCUT2D eigenvalue weighted by atomic mass is 16.5. The Hall–Kier alpha value is -2.17. The van der Waals surface area contributed by atoms with Gasteiger partial charge in [0.1, 0.15) is 5.75 Å². The van der Waals surface area contributed by atoms with Crippen LogP contribution in [0, 0.1) is 0 Å². The third-order valence-electron chi connectivity index (χ3n) is 1.58. The van der Waals surface area contributed by atoms with Crippen molar-refractivity contribution >= 4 is 5.69 Å². The van der Waals surface area contributed by atoms with E-state index in [9.17, 15) is 0 Å². The first-order chi connectivity index (χ1) is 6.84. The summed E-state index contributed by atoms with van der Waals surface area (Å²) in [5.41, 5.74) is 6.22. The van der Waals surface area contributed by atoms with Gasteiger partial charge in [-0.3, -0.25) is 0 Å². The van der Waals surface area contributed by atoms with Gasteiger partial charge in [0, 0.05) is 11.8 Å². The van der Waals surface area contributed by atoms with Crippen LogP contribution in [0.5, 0.6) is 11.6 Å². The van der Waals surface area contributed by atoms with Crippen LogP contribution in [0.15, 0.2) is 36.5 Å². The smallest absolute Gasteiger partial charge is 0.242 e. The number of aromatic nitrogens is 3. The van der Waals surface area contributed by atoms with Gasteiger partial charge in [-0.1, -0.05) is 5.10 Å². The molecule has 0 spiro atoms. The van der Waals surface area contributed by atoms with Gasteiger partial charge in [0.15, 0.2) is 0 Å². The maximum atomic E-state index is 5.53. The summed E-state index contributed by atoms with van der Waals surface area (Å²) in [5, 5.41) is 10.7. The van der Waals surface area contributed by atoms with Crippen molar-refractivity contribution in [3.05, 3.63) is 36.5 Å². The van der Waals surface area contributed by atoms with Crippen molar-refractivity contribution < 1.29 is 4.74 Å². The van der Waals surface area contributed by atoms with E-state index in [1.165, 1.54) is 6.20 Å². The van der Waals surface area contributed by atoms with Gasteiger partial charge in [-0.05, 0) is 29.5 Å². The molecule has 0 amide bonds. The summed E-state index contributed by atoms with van der Waals surface area (Å²) >= 11 is 0. The monoisotopic (exact) mass is 188 g/mol. The second kappa shape index (κ2) is 3.69. The normalized spacial score (nSPS) is 9.71. The highest BCUT2D eigenvalue weighted by Crippen LogP contribution is 2.18. The van der Waals surface area contributed by atoms with E-state index in [0.29, 0.717) is 17.3 Å². The minimum atomic E-state index is 0.407. The molecule has 2 rings (SSSR count). The molecule has 2 N–H and O–H groups in total. The van der Waals surface area contributed by atoms with Crippen molar-refractivity contribution in [2.45, 2.75) is 0 Å². The standard InChI is InChI=1S/C9H8N4O/c10-7-1-3-8(4-2-7)14-9-5-6-11-13-12-9/h1-6H,10H2. The minimum absolute atomic E-state index is 0.407. The van der Waals surface area contributed by atoms with E-state index in [2.05, 4.69) is 15.4 Å². The van der Waals surface area contributed by atoms with Crippen molar-refractivity contribution in [3.8, 4) is 11.6 Å². The van der Waals surface area contributed by atoms with Gasteiger partial charge in [-0.15, -0.1) is 5.10 Å². The van der Waals surface area contributed by atoms with Crippen molar-refractivity contribution in [2.75, 3.05) is 5.73 Å². The molecule has 70 valence electrons. The number of nitrogens with zero attached hydrogens (tertiary/aromatic N) is 3. The lowest BCUT2D eigenvalue weighted by Gasteiger charge is -2.02. The van der Waals surface area contributed by atoms with Gasteiger partial charge >= 0.3 is 0 Å². The van der Waals surface area contributed by atoms with Crippen LogP contribution in [-0.2, 0) is 0 Å². The Bertz CT molecular complexity index is 401. The summed E-state index contributed by atoms with van der Waals surface area (Å²) in [4.78, 5) is 0. The SMILES string of the molecule is Nc1ccc(Oc2ccnnn2)cc1. The van der Waals surface area contributed by atoms with Crippen molar-refractivity contribution in [2.24, 2.45) is 0 Å². The van der Waals surface area contributed by atoms with Crippen LogP contribution in [0.4, 0.5) is 5.69 Å². The summed E-state index contributed by atoms with van der Waals surface area (Å²) < 4.78 is 5.36. The van der Waals surface area contributed by atoms with Crippen molar-refractivity contribution in [1.82, 2.24) is 15.4 Å². The summed E-state index contributed by atoms with van der Waals surface area (Å²) in [6.45, 7) is 0. The Morgan fingerprint density at radius 3 is 2.50 bits per heavy atom. The quantitative estimate of drug-likeness (QED) is 0.718. The molecule has 0 saturated heterocycles. The second-order valence-corrected chi connectivity index (χ2v) is 2.63. The zero-order valence-electron chi connectivity index (χ0n) is 7.29. The van der Waals surface area contributed by atoms with Crippen LogP contribution >= 0.6 is 0 Å². The molecule has 0 atom stereocenters. The molecule has 5 nitrogen and oxygen atoms in total. The van der Waals surface area contributed by atoms with Gasteiger partial charge < -0.3 is 10.5 Å². The molecule has 1 aromatic carbocycles. The second-order valence-electron chi connectivity index (χ2n) is 2.63. The van der Waals surface area contributed by atoms with Crippen molar-refractivity contribution in [1.29, 1.82) is 0 Å². The fourth-order valence-corrected chi connectivity index (χ4v) is 0.941. The van der Waals surface area contributed by atoms with Gasteiger partial charge in [0.2, 0.25) is 5.88 Å². The van der Waals surface area contributed by atoms with Gasteiger partial charge in [-0.25, -0.2) is 0 Å². The minimum Gasteiger partial charge on any atom is -0.437 e. The van der Waals surface area contributed by atoms with Crippen LogP contribution in [0.1, 0.15) is 0 Å². The van der Waals surface area contributed by atoms with E-state index in [4.69, 9.17) is 10.5 Å². The molecule has 0 aliphatic rings. The Balaban J connectivity index is 2.16. The zero-order chi connectivity index (χ0) is 9.80. The maximum absolute atomic E-state index is 5.53. The van der Waals surface area contributed by atoms with E-state index < -0.39 is 0 Å². The van der Waals surface area contributed by atoms with Crippen LogP contribution in [0.3, 0.4) is 0 Å². The number of rotatable bonds is 2. The van der Waals surface area contributed by atoms with Crippen LogP contribution in [0.25, 0.3) is 0 Å². The highest BCUT2D eigenvalue weighted by Gasteiger charge is 1.97. The van der Waals surface area contributed by atoms with Crippen LogP contribution < -0.4 is 10.5 Å². The van der Waals surface area contributed by atoms with Crippen molar-refractivity contribution in [3.63, 3.8) is 0 Å². The van der Waals surface area contributed by atoms with E-state index in [0.717, 1.165) is 0 Å². The number of nitrogens with two attached hydrogens (primary N) is 1. The van der Waals surface area contributed by atoms with Crippen LogP contribution in [-0.4, -0.2) is 15.4 Å². The summed E-state index contributed by atoms with van der Waals surface area (Å²) in [6.07, 6.45) is 1.51. The first-order valence-corrected chi connectivity index (χ1v) is 4.02. The van der Waals surface area contributed by atoms with E-state index in [1.807, 2.05) is 0 Å². The Kier molecular flexibility index (Phi) is 2.22. The molecule has 0 radical (unpaired) electrons. The number of anilines is 1. The fraction of sp³-hybridized carbons (Fsp3) is 0. The Morgan fingerprint density at radius 1 is 1.07 bits per heavy atom. The molecule has 0 fully saturated rings. The molecule has 5 heteroatoms. The highest BCUT2D eigenvalue weighted by molar-refractivity contribution is 5.42. The molecule has 14 heavy (non-hydrogen) atoms. The lowest BCUT2D eigenvalue weighted by molar-refractivity contribution is 0.450. The third-order valence-corrected chi connectivity index (χ3v) is 1.58. The number of benzene rings is 1. The van der Waals surface area contributed by atoms with E-state index in [-0.39, 0.29) is 0 Å². The first kappa shape index (κ1) is 8.43. The summed E-state index contributed by atoms with van der Waals surface area (Å²) in [5.74, 6) is 1.07. The third kappa shape index (κ3) is 1.95. The molecular formula is C9H8N4O. The van der Waals surface area contributed by atoms with Gasteiger partial charge in [-0.2, -0.15) is 0 Å². The molecule has 0 unspecified atom stereocenters. The van der Waals surface area contributed by atoms with E-state index >= 15 is 0 Å².